The third-order valence-electron chi connectivity index (χ3n) is 9.56. The molecule has 252 valence electrons. The van der Waals surface area contributed by atoms with Crippen molar-refractivity contribution < 1.29 is 22.7 Å². The van der Waals surface area contributed by atoms with Crippen LogP contribution >= 0.6 is 0 Å². The van der Waals surface area contributed by atoms with Gasteiger partial charge in [0.1, 0.15) is 17.2 Å². The number of anilines is 3. The molecule has 3 fully saturated rings. The van der Waals surface area contributed by atoms with E-state index in [1.807, 2.05) is 55.7 Å². The number of nitrogens with one attached hydrogen (secondary N) is 2. The van der Waals surface area contributed by atoms with Gasteiger partial charge in [-0.25, -0.2) is 14.8 Å². The highest BCUT2D eigenvalue weighted by molar-refractivity contribution is 5.91. The molecule has 5 heterocycles. The molecule has 14 heteroatoms. The van der Waals surface area contributed by atoms with E-state index in [-0.39, 0.29) is 35.3 Å². The maximum atomic E-state index is 14.0. The van der Waals surface area contributed by atoms with Crippen LogP contribution in [-0.2, 0) is 24.5 Å². The number of halogens is 3. The number of nitrogens with zero attached hydrogens (tertiary/aromatic N) is 7. The van der Waals surface area contributed by atoms with Crippen molar-refractivity contribution in [1.29, 1.82) is 0 Å². The first-order chi connectivity index (χ1) is 23.2. The standard InChI is InChI=1S/C34H38F3N9O2/c1-44-19-25(17-41-44)24-7-12-29(38-16-24)46(32(47)40-15-23-5-3-2-4-6-23)27-10-8-26(9-11-27)42-31-39-18-28(34(35,36)37)30(43-31)45-14-13-33(20-45)21-48-22-33/h2-7,12,16-19,26-27H,8-11,13-15,20-22H2,1H3,(H,40,47)(H,39,42,43)/t26-,27-. The van der Waals surface area contributed by atoms with Crippen LogP contribution in [0.3, 0.4) is 0 Å². The van der Waals surface area contributed by atoms with Crippen molar-refractivity contribution in [2.24, 2.45) is 12.5 Å². The van der Waals surface area contributed by atoms with Crippen LogP contribution in [0.25, 0.3) is 11.1 Å². The third kappa shape index (κ3) is 6.80. The van der Waals surface area contributed by atoms with Gasteiger partial charge in [0.15, 0.2) is 0 Å². The molecular formula is C34H38F3N9O2. The summed E-state index contributed by atoms with van der Waals surface area (Å²) < 4.78 is 49.0. The highest BCUT2D eigenvalue weighted by Crippen LogP contribution is 2.43. The molecule has 1 aliphatic carbocycles. The molecule has 3 aliphatic rings. The van der Waals surface area contributed by atoms with Gasteiger partial charge in [-0.2, -0.15) is 23.3 Å². The second kappa shape index (κ2) is 13.1. The summed E-state index contributed by atoms with van der Waals surface area (Å²) in [5, 5.41) is 10.6. The van der Waals surface area contributed by atoms with Crippen LogP contribution in [0.4, 0.5) is 35.5 Å². The first-order valence-electron chi connectivity index (χ1n) is 16.3. The maximum absolute atomic E-state index is 14.0. The number of aryl methyl sites for hydroxylation is 1. The Hall–Kier alpha value is -4.72. The average molecular weight is 662 g/mol. The van der Waals surface area contributed by atoms with Crippen LogP contribution in [0.5, 0.6) is 0 Å². The number of urea groups is 1. The summed E-state index contributed by atoms with van der Waals surface area (Å²) in [6.07, 6.45) is 5.18. The molecular weight excluding hydrogens is 623 g/mol. The van der Waals surface area contributed by atoms with Gasteiger partial charge >= 0.3 is 12.2 Å². The minimum Gasteiger partial charge on any atom is -0.380 e. The Balaban J connectivity index is 1.05. The number of pyridine rings is 1. The number of benzene rings is 1. The molecule has 2 saturated heterocycles. The molecule has 48 heavy (non-hydrogen) atoms. The predicted molar refractivity (Wildman–Crippen MR) is 174 cm³/mol. The molecule has 0 unspecified atom stereocenters. The summed E-state index contributed by atoms with van der Waals surface area (Å²) >= 11 is 0. The lowest BCUT2D eigenvalue weighted by Crippen LogP contribution is -2.49. The highest BCUT2D eigenvalue weighted by atomic mass is 19.4. The largest absolute Gasteiger partial charge is 0.421 e. The van der Waals surface area contributed by atoms with E-state index < -0.39 is 11.7 Å². The zero-order chi connectivity index (χ0) is 33.3. The van der Waals surface area contributed by atoms with Crippen molar-refractivity contribution in [3.8, 4) is 11.1 Å². The topological polar surface area (TPSA) is 113 Å². The minimum absolute atomic E-state index is 0.0639. The van der Waals surface area contributed by atoms with Gasteiger partial charge in [-0.15, -0.1) is 0 Å². The molecule has 11 nitrogen and oxygen atoms in total. The number of aromatic nitrogens is 5. The predicted octanol–water partition coefficient (Wildman–Crippen LogP) is 5.66. The van der Waals surface area contributed by atoms with E-state index in [4.69, 9.17) is 4.74 Å². The first kappa shape index (κ1) is 31.9. The Morgan fingerprint density at radius 1 is 1.02 bits per heavy atom. The van der Waals surface area contributed by atoms with E-state index in [0.717, 1.165) is 29.3 Å². The molecule has 1 aromatic carbocycles. The number of hydrogen-bond acceptors (Lipinski definition) is 8. The first-order valence-corrected chi connectivity index (χ1v) is 16.3. The van der Waals surface area contributed by atoms with Gasteiger partial charge in [0.25, 0.3) is 0 Å². The fourth-order valence-corrected chi connectivity index (χ4v) is 6.87. The molecule has 7 rings (SSSR count). The quantitative estimate of drug-likeness (QED) is 0.249. The van der Waals surface area contributed by atoms with Gasteiger partial charge in [-0.05, 0) is 49.8 Å². The summed E-state index contributed by atoms with van der Waals surface area (Å²) in [6.45, 7) is 2.48. The number of alkyl halides is 3. The summed E-state index contributed by atoms with van der Waals surface area (Å²) in [4.78, 5) is 30.3. The summed E-state index contributed by atoms with van der Waals surface area (Å²) in [7, 11) is 1.85. The molecule has 0 bridgehead atoms. The van der Waals surface area contributed by atoms with Crippen LogP contribution in [-0.4, -0.2) is 69.2 Å². The minimum atomic E-state index is -4.56. The molecule has 2 aliphatic heterocycles. The summed E-state index contributed by atoms with van der Waals surface area (Å²) in [5.74, 6) is 0.637. The Bertz CT molecular complexity index is 1720. The van der Waals surface area contributed by atoms with E-state index in [9.17, 15) is 18.0 Å². The number of hydrogen-bond donors (Lipinski definition) is 2. The van der Waals surface area contributed by atoms with Crippen LogP contribution < -0.4 is 20.4 Å². The van der Waals surface area contributed by atoms with E-state index in [2.05, 4.69) is 30.7 Å². The van der Waals surface area contributed by atoms with Crippen molar-refractivity contribution in [3.05, 3.63) is 78.4 Å². The highest BCUT2D eigenvalue weighted by Gasteiger charge is 2.47. The zero-order valence-corrected chi connectivity index (χ0v) is 26.7. The molecule has 2 amide bonds. The van der Waals surface area contributed by atoms with Crippen molar-refractivity contribution in [1.82, 2.24) is 30.0 Å². The van der Waals surface area contributed by atoms with E-state index in [0.29, 0.717) is 64.3 Å². The molecule has 1 spiro atoms. The number of rotatable bonds is 8. The van der Waals surface area contributed by atoms with E-state index in [1.54, 1.807) is 26.9 Å². The molecule has 3 aromatic heterocycles. The zero-order valence-electron chi connectivity index (χ0n) is 26.7. The average Bonchev–Trinajstić information content (AvgIpc) is 3.73. The number of carbonyl (C=O) groups is 1. The van der Waals surface area contributed by atoms with Crippen molar-refractivity contribution in [2.75, 3.05) is 41.4 Å². The number of amides is 2. The fourth-order valence-electron chi connectivity index (χ4n) is 6.87. The van der Waals surface area contributed by atoms with Gasteiger partial charge in [0.2, 0.25) is 5.95 Å². The smallest absolute Gasteiger partial charge is 0.380 e. The Kier molecular flexibility index (Phi) is 8.67. The van der Waals surface area contributed by atoms with Crippen LogP contribution in [0.15, 0.2) is 67.3 Å². The fraction of sp³-hybridized carbons (Fsp3) is 0.441. The second-order valence-corrected chi connectivity index (χ2v) is 13.1. The maximum Gasteiger partial charge on any atom is 0.421 e. The van der Waals surface area contributed by atoms with Gasteiger partial charge in [-0.3, -0.25) is 9.58 Å². The van der Waals surface area contributed by atoms with Gasteiger partial charge in [0, 0.05) is 73.9 Å². The molecule has 1 saturated carbocycles. The molecule has 2 N–H and O–H groups in total. The van der Waals surface area contributed by atoms with Gasteiger partial charge in [0.05, 0.1) is 19.4 Å². The lowest BCUT2D eigenvalue weighted by molar-refractivity contribution is -0.137. The van der Waals surface area contributed by atoms with Crippen molar-refractivity contribution in [2.45, 2.75) is 56.9 Å². The van der Waals surface area contributed by atoms with Crippen molar-refractivity contribution >= 4 is 23.6 Å². The Morgan fingerprint density at radius 2 is 1.81 bits per heavy atom. The third-order valence-corrected chi connectivity index (χ3v) is 9.56. The molecule has 0 atom stereocenters. The van der Waals surface area contributed by atoms with Crippen LogP contribution in [0.2, 0.25) is 0 Å². The SMILES string of the molecule is Cn1cc(-c2ccc(N(C(=O)NCc3ccccc3)[C@H]3CC[C@H](Nc4ncc(C(F)(F)F)c(N5CCC6(COC6)C5)n4)CC3)nc2)cn1. The normalized spacial score (nSPS) is 20.4. The van der Waals surface area contributed by atoms with Crippen molar-refractivity contribution in [3.63, 3.8) is 0 Å². The molecule has 4 aromatic rings. The van der Waals surface area contributed by atoms with Crippen LogP contribution in [0, 0.1) is 5.41 Å². The van der Waals surface area contributed by atoms with Gasteiger partial charge < -0.3 is 20.3 Å². The second-order valence-electron chi connectivity index (χ2n) is 13.1. The Labute approximate surface area is 276 Å². The molecule has 0 radical (unpaired) electrons. The number of ether oxygens (including phenoxy) is 1. The summed E-state index contributed by atoms with van der Waals surface area (Å²) in [5.41, 5.74) is 1.89. The van der Waals surface area contributed by atoms with Gasteiger partial charge in [-0.1, -0.05) is 30.3 Å². The lowest BCUT2D eigenvalue weighted by atomic mass is 9.85. The van der Waals surface area contributed by atoms with Crippen LogP contribution in [0.1, 0.15) is 43.2 Å². The van der Waals surface area contributed by atoms with E-state index >= 15 is 0 Å². The summed E-state index contributed by atoms with van der Waals surface area (Å²) in [6, 6.07) is 13.1. The number of carbonyl (C=O) groups excluding carboxylic acids is 1. The monoisotopic (exact) mass is 661 g/mol. The van der Waals surface area contributed by atoms with E-state index in [1.165, 1.54) is 0 Å². The lowest BCUT2D eigenvalue weighted by Gasteiger charge is -2.38. The Morgan fingerprint density at radius 3 is 2.44 bits per heavy atom.